The third-order valence-electron chi connectivity index (χ3n) is 4.21. The first kappa shape index (κ1) is 15.1. The van der Waals surface area contributed by atoms with E-state index in [0.717, 1.165) is 24.3 Å². The second-order valence-corrected chi connectivity index (χ2v) is 6.46. The van der Waals surface area contributed by atoms with E-state index in [0.29, 0.717) is 18.3 Å². The van der Waals surface area contributed by atoms with Gasteiger partial charge in [0.05, 0.1) is 18.4 Å². The van der Waals surface area contributed by atoms with E-state index in [-0.39, 0.29) is 10.6 Å². The van der Waals surface area contributed by atoms with Crippen molar-refractivity contribution in [3.8, 4) is 0 Å². The van der Waals surface area contributed by atoms with Gasteiger partial charge in [0, 0.05) is 6.04 Å². The Kier molecular flexibility index (Phi) is 4.48. The lowest BCUT2D eigenvalue weighted by molar-refractivity contribution is 0.601. The maximum atomic E-state index is 12.4. The first-order valence-corrected chi connectivity index (χ1v) is 8.07. The molecule has 0 aliphatic heterocycles. The Morgan fingerprint density at radius 2 is 2.09 bits per heavy atom. The van der Waals surface area contributed by atoms with Gasteiger partial charge in [-0.05, 0) is 30.7 Å². The van der Waals surface area contributed by atoms with Crippen LogP contribution in [0.15, 0.2) is 41.3 Å². The van der Waals surface area contributed by atoms with Gasteiger partial charge in [-0.15, -0.1) is 0 Å². The average Bonchev–Trinajstić information content (AvgIpc) is 2.93. The Morgan fingerprint density at radius 1 is 1.32 bits per heavy atom. The van der Waals surface area contributed by atoms with Crippen molar-refractivity contribution in [3.05, 3.63) is 57.5 Å². The molecule has 0 radical (unpaired) electrons. The van der Waals surface area contributed by atoms with Crippen LogP contribution in [0.1, 0.15) is 31.7 Å². The first-order chi connectivity index (χ1) is 10.6. The summed E-state index contributed by atoms with van der Waals surface area (Å²) in [6.45, 7) is 2.68. The van der Waals surface area contributed by atoms with Gasteiger partial charge in [0.15, 0.2) is 0 Å². The van der Waals surface area contributed by atoms with E-state index in [1.165, 1.54) is 11.1 Å². The van der Waals surface area contributed by atoms with Gasteiger partial charge >= 0.3 is 0 Å². The molecule has 0 spiro atoms. The molecule has 1 heterocycles. The molecule has 116 valence electrons. The summed E-state index contributed by atoms with van der Waals surface area (Å²) < 4.78 is 1.40. The molecule has 1 aliphatic rings. The zero-order chi connectivity index (χ0) is 15.5. The Morgan fingerprint density at radius 3 is 2.77 bits per heavy atom. The standard InChI is InChI=1S/C17H20ClN3O/c1-12-7-8-14(9-12)20-15-10-19-21(17(22)16(15)18)11-13-5-3-2-4-6-13/h2-6,10,12,14,20H,7-9,11H2,1H3. The van der Waals surface area contributed by atoms with Crippen molar-refractivity contribution in [2.75, 3.05) is 5.32 Å². The highest BCUT2D eigenvalue weighted by molar-refractivity contribution is 6.32. The molecule has 1 N–H and O–H groups in total. The summed E-state index contributed by atoms with van der Waals surface area (Å²) in [5, 5.41) is 7.84. The van der Waals surface area contributed by atoms with E-state index in [1.54, 1.807) is 6.20 Å². The monoisotopic (exact) mass is 317 g/mol. The number of hydrogen-bond acceptors (Lipinski definition) is 3. The summed E-state index contributed by atoms with van der Waals surface area (Å²) in [5.41, 5.74) is 1.43. The molecule has 1 aromatic heterocycles. The number of benzene rings is 1. The zero-order valence-electron chi connectivity index (χ0n) is 12.6. The Bertz CT molecular complexity index is 699. The van der Waals surface area contributed by atoms with Crippen LogP contribution in [-0.4, -0.2) is 15.8 Å². The van der Waals surface area contributed by atoms with Crippen LogP contribution in [0.4, 0.5) is 5.69 Å². The molecule has 22 heavy (non-hydrogen) atoms. The van der Waals surface area contributed by atoms with Crippen molar-refractivity contribution < 1.29 is 0 Å². The van der Waals surface area contributed by atoms with Gasteiger partial charge in [-0.2, -0.15) is 5.10 Å². The van der Waals surface area contributed by atoms with E-state index >= 15 is 0 Å². The highest BCUT2D eigenvalue weighted by Gasteiger charge is 2.22. The van der Waals surface area contributed by atoms with Gasteiger partial charge in [0.2, 0.25) is 0 Å². The number of nitrogens with zero attached hydrogens (tertiary/aromatic N) is 2. The number of aromatic nitrogens is 2. The fourth-order valence-corrected chi connectivity index (χ4v) is 3.19. The van der Waals surface area contributed by atoms with E-state index in [9.17, 15) is 4.79 Å². The quantitative estimate of drug-likeness (QED) is 0.938. The van der Waals surface area contributed by atoms with Crippen molar-refractivity contribution in [1.29, 1.82) is 0 Å². The fourth-order valence-electron chi connectivity index (χ4n) is 2.99. The average molecular weight is 318 g/mol. The summed E-state index contributed by atoms with van der Waals surface area (Å²) in [4.78, 5) is 12.4. The van der Waals surface area contributed by atoms with Crippen LogP contribution < -0.4 is 10.9 Å². The smallest absolute Gasteiger partial charge is 0.287 e. The Balaban J connectivity index is 1.78. The molecular weight excluding hydrogens is 298 g/mol. The predicted octanol–water partition coefficient (Wildman–Crippen LogP) is 3.55. The Hall–Kier alpha value is -1.81. The van der Waals surface area contributed by atoms with Gasteiger partial charge in [-0.3, -0.25) is 4.79 Å². The summed E-state index contributed by atoms with van der Waals surface area (Å²) in [5.74, 6) is 0.725. The van der Waals surface area contributed by atoms with Gasteiger partial charge in [-0.1, -0.05) is 48.9 Å². The molecule has 1 aromatic carbocycles. The molecule has 5 heteroatoms. The number of halogens is 1. The summed E-state index contributed by atoms with van der Waals surface area (Å²) in [6, 6.07) is 10.2. The molecule has 4 nitrogen and oxygen atoms in total. The highest BCUT2D eigenvalue weighted by atomic mass is 35.5. The molecule has 2 atom stereocenters. The lowest BCUT2D eigenvalue weighted by Crippen LogP contribution is -2.26. The predicted molar refractivity (Wildman–Crippen MR) is 89.5 cm³/mol. The second kappa shape index (κ2) is 6.53. The lowest BCUT2D eigenvalue weighted by atomic mass is 10.1. The van der Waals surface area contributed by atoms with E-state index < -0.39 is 0 Å². The summed E-state index contributed by atoms with van der Waals surface area (Å²) in [7, 11) is 0. The number of hydrogen-bond donors (Lipinski definition) is 1. The molecule has 1 aliphatic carbocycles. The highest BCUT2D eigenvalue weighted by Crippen LogP contribution is 2.28. The molecule has 2 aromatic rings. The molecule has 3 rings (SSSR count). The van der Waals surface area contributed by atoms with Crippen LogP contribution in [-0.2, 0) is 6.54 Å². The largest absolute Gasteiger partial charge is 0.380 e. The van der Waals surface area contributed by atoms with Crippen molar-refractivity contribution in [2.45, 2.75) is 38.8 Å². The fraction of sp³-hybridized carbons (Fsp3) is 0.412. The van der Waals surface area contributed by atoms with E-state index in [1.807, 2.05) is 30.3 Å². The maximum Gasteiger partial charge on any atom is 0.287 e. The van der Waals surface area contributed by atoms with Crippen molar-refractivity contribution >= 4 is 17.3 Å². The van der Waals surface area contributed by atoms with Gasteiger partial charge < -0.3 is 5.32 Å². The third-order valence-corrected chi connectivity index (χ3v) is 4.58. The number of rotatable bonds is 4. The molecule has 0 amide bonds. The zero-order valence-corrected chi connectivity index (χ0v) is 13.4. The molecule has 1 saturated carbocycles. The van der Waals surface area contributed by atoms with Gasteiger partial charge in [-0.25, -0.2) is 4.68 Å². The topological polar surface area (TPSA) is 46.9 Å². The number of nitrogens with one attached hydrogen (secondary N) is 1. The van der Waals surface area contributed by atoms with Crippen LogP contribution in [0.3, 0.4) is 0 Å². The minimum Gasteiger partial charge on any atom is -0.380 e. The van der Waals surface area contributed by atoms with Crippen molar-refractivity contribution in [1.82, 2.24) is 9.78 Å². The summed E-state index contributed by atoms with van der Waals surface area (Å²) in [6.07, 6.45) is 5.11. The van der Waals surface area contributed by atoms with E-state index in [4.69, 9.17) is 11.6 Å². The van der Waals surface area contributed by atoms with Gasteiger partial charge in [0.1, 0.15) is 5.02 Å². The van der Waals surface area contributed by atoms with Gasteiger partial charge in [0.25, 0.3) is 5.56 Å². The number of anilines is 1. The van der Waals surface area contributed by atoms with Crippen LogP contribution in [0.25, 0.3) is 0 Å². The van der Waals surface area contributed by atoms with Crippen LogP contribution in [0.2, 0.25) is 5.02 Å². The molecule has 1 fully saturated rings. The minimum atomic E-state index is -0.249. The third kappa shape index (κ3) is 3.33. The Labute approximate surface area is 135 Å². The van der Waals surface area contributed by atoms with Crippen LogP contribution >= 0.6 is 11.6 Å². The normalized spacial score (nSPS) is 21.0. The maximum absolute atomic E-state index is 12.4. The molecule has 2 unspecified atom stereocenters. The molecular formula is C17H20ClN3O. The van der Waals surface area contributed by atoms with Crippen molar-refractivity contribution in [3.63, 3.8) is 0 Å². The SMILES string of the molecule is CC1CCC(Nc2cnn(Cc3ccccc3)c(=O)c2Cl)C1. The summed E-state index contributed by atoms with van der Waals surface area (Å²) >= 11 is 6.24. The minimum absolute atomic E-state index is 0.227. The van der Waals surface area contributed by atoms with E-state index in [2.05, 4.69) is 17.3 Å². The molecule has 0 bridgehead atoms. The molecule has 0 saturated heterocycles. The lowest BCUT2D eigenvalue weighted by Gasteiger charge is -2.15. The van der Waals surface area contributed by atoms with Crippen LogP contribution in [0, 0.1) is 5.92 Å². The van der Waals surface area contributed by atoms with Crippen LogP contribution in [0.5, 0.6) is 0 Å². The first-order valence-electron chi connectivity index (χ1n) is 7.69. The van der Waals surface area contributed by atoms with Crippen molar-refractivity contribution in [2.24, 2.45) is 5.92 Å². The second-order valence-electron chi connectivity index (χ2n) is 6.08.